The molecule has 0 aliphatic carbocycles. The topological polar surface area (TPSA) is 52.2 Å². The summed E-state index contributed by atoms with van der Waals surface area (Å²) in [7, 11) is 1.76. The van der Waals surface area contributed by atoms with Crippen LogP contribution in [0.4, 0.5) is 4.39 Å². The molecule has 134 valence electrons. The van der Waals surface area contributed by atoms with Gasteiger partial charge in [0.25, 0.3) is 0 Å². The summed E-state index contributed by atoms with van der Waals surface area (Å²) < 4.78 is 13.4. The predicted octanol–water partition coefficient (Wildman–Crippen LogP) is 4.20. The SMILES string of the molecule is CN=C(NCCc1c[nH]c2ccc(F)cc12)NCc1sccc1C.I. The van der Waals surface area contributed by atoms with E-state index in [9.17, 15) is 4.39 Å². The number of hydrogen-bond donors (Lipinski definition) is 3. The van der Waals surface area contributed by atoms with Gasteiger partial charge in [0.05, 0.1) is 6.54 Å². The van der Waals surface area contributed by atoms with Gasteiger partial charge in [0.15, 0.2) is 5.96 Å². The molecule has 0 radical (unpaired) electrons. The molecule has 0 unspecified atom stereocenters. The molecule has 0 fully saturated rings. The van der Waals surface area contributed by atoms with E-state index in [1.54, 1.807) is 30.5 Å². The highest BCUT2D eigenvalue weighted by atomic mass is 127. The van der Waals surface area contributed by atoms with Crippen LogP contribution in [-0.4, -0.2) is 24.5 Å². The van der Waals surface area contributed by atoms with Crippen molar-refractivity contribution >= 4 is 52.2 Å². The van der Waals surface area contributed by atoms with Gasteiger partial charge >= 0.3 is 0 Å². The van der Waals surface area contributed by atoms with Crippen LogP contribution < -0.4 is 10.6 Å². The third-order valence-corrected chi connectivity index (χ3v) is 5.05. The maximum atomic E-state index is 13.4. The molecule has 4 nitrogen and oxygen atoms in total. The van der Waals surface area contributed by atoms with Gasteiger partial charge in [-0.05, 0) is 54.1 Å². The first-order valence-corrected chi connectivity index (χ1v) is 8.78. The molecule has 3 rings (SSSR count). The Balaban J connectivity index is 0.00000225. The fourth-order valence-electron chi connectivity index (χ4n) is 2.64. The molecule has 3 N–H and O–H groups in total. The Kier molecular flexibility index (Phi) is 7.24. The van der Waals surface area contributed by atoms with Gasteiger partial charge in [0, 0.05) is 35.6 Å². The normalized spacial score (nSPS) is 11.4. The van der Waals surface area contributed by atoms with Gasteiger partial charge < -0.3 is 15.6 Å². The fraction of sp³-hybridized carbons (Fsp3) is 0.278. The lowest BCUT2D eigenvalue weighted by molar-refractivity contribution is 0.629. The summed E-state index contributed by atoms with van der Waals surface area (Å²) in [5, 5.41) is 9.66. The lowest BCUT2D eigenvalue weighted by atomic mass is 10.1. The zero-order valence-electron chi connectivity index (χ0n) is 14.2. The number of fused-ring (bicyclic) bond motifs is 1. The minimum atomic E-state index is -0.208. The Bertz CT molecular complexity index is 856. The molecule has 2 aromatic heterocycles. The highest BCUT2D eigenvalue weighted by molar-refractivity contribution is 14.0. The number of aromatic amines is 1. The molecule has 0 aliphatic heterocycles. The first-order chi connectivity index (χ1) is 11.7. The lowest BCUT2D eigenvalue weighted by Gasteiger charge is -2.11. The molecule has 2 heterocycles. The lowest BCUT2D eigenvalue weighted by Crippen LogP contribution is -2.37. The van der Waals surface area contributed by atoms with E-state index in [4.69, 9.17) is 0 Å². The molecular weight excluding hydrogens is 450 g/mol. The maximum absolute atomic E-state index is 13.4. The summed E-state index contributed by atoms with van der Waals surface area (Å²) >= 11 is 1.74. The molecule has 0 atom stereocenters. The van der Waals surface area contributed by atoms with Gasteiger partial charge in [-0.15, -0.1) is 35.3 Å². The van der Waals surface area contributed by atoms with Gasteiger partial charge in [-0.3, -0.25) is 4.99 Å². The van der Waals surface area contributed by atoms with Crippen molar-refractivity contribution in [2.24, 2.45) is 4.99 Å². The third kappa shape index (κ3) is 4.94. The average molecular weight is 472 g/mol. The second kappa shape index (κ2) is 9.19. The van der Waals surface area contributed by atoms with Crippen molar-refractivity contribution in [2.45, 2.75) is 19.9 Å². The quantitative estimate of drug-likeness (QED) is 0.296. The van der Waals surface area contributed by atoms with Gasteiger partial charge in [-0.2, -0.15) is 0 Å². The Morgan fingerprint density at radius 1 is 1.28 bits per heavy atom. The Morgan fingerprint density at radius 3 is 2.84 bits per heavy atom. The zero-order chi connectivity index (χ0) is 16.9. The van der Waals surface area contributed by atoms with Crippen molar-refractivity contribution in [2.75, 3.05) is 13.6 Å². The van der Waals surface area contributed by atoms with Crippen LogP contribution in [0.15, 0.2) is 40.8 Å². The minimum Gasteiger partial charge on any atom is -0.361 e. The van der Waals surface area contributed by atoms with Crippen LogP contribution in [0.1, 0.15) is 16.0 Å². The van der Waals surface area contributed by atoms with E-state index in [2.05, 4.69) is 39.0 Å². The number of nitrogens with one attached hydrogen (secondary N) is 3. The second-order valence-corrected chi connectivity index (χ2v) is 6.63. The smallest absolute Gasteiger partial charge is 0.191 e. The zero-order valence-corrected chi connectivity index (χ0v) is 17.4. The average Bonchev–Trinajstić information content (AvgIpc) is 3.17. The molecule has 0 spiro atoms. The molecule has 0 saturated carbocycles. The van der Waals surface area contributed by atoms with Crippen LogP contribution >= 0.6 is 35.3 Å². The van der Waals surface area contributed by atoms with E-state index in [1.165, 1.54) is 16.5 Å². The first-order valence-electron chi connectivity index (χ1n) is 7.90. The summed E-state index contributed by atoms with van der Waals surface area (Å²) in [5.41, 5.74) is 3.35. The van der Waals surface area contributed by atoms with Crippen molar-refractivity contribution in [3.63, 3.8) is 0 Å². The van der Waals surface area contributed by atoms with Gasteiger partial charge in [0.2, 0.25) is 0 Å². The third-order valence-electron chi connectivity index (χ3n) is 4.02. The van der Waals surface area contributed by atoms with E-state index < -0.39 is 0 Å². The number of rotatable bonds is 5. The van der Waals surface area contributed by atoms with Crippen LogP contribution in [0.3, 0.4) is 0 Å². The summed E-state index contributed by atoms with van der Waals surface area (Å²) in [6.45, 7) is 3.61. The predicted molar refractivity (Wildman–Crippen MR) is 115 cm³/mol. The number of H-pyrrole nitrogens is 1. The summed E-state index contributed by atoms with van der Waals surface area (Å²) in [6, 6.07) is 6.94. The Morgan fingerprint density at radius 2 is 2.12 bits per heavy atom. The van der Waals surface area contributed by atoms with E-state index in [0.29, 0.717) is 0 Å². The van der Waals surface area contributed by atoms with E-state index in [1.807, 2.05) is 6.20 Å². The summed E-state index contributed by atoms with van der Waals surface area (Å²) in [5.74, 6) is 0.564. The largest absolute Gasteiger partial charge is 0.361 e. The van der Waals surface area contributed by atoms with Crippen LogP contribution in [0.25, 0.3) is 10.9 Å². The molecule has 0 amide bonds. The number of thiophene rings is 1. The van der Waals surface area contributed by atoms with Gasteiger partial charge in [0.1, 0.15) is 5.82 Å². The van der Waals surface area contributed by atoms with Crippen LogP contribution in [0.5, 0.6) is 0 Å². The standard InChI is InChI=1S/C18H21FN4S.HI/c1-12-6-8-24-17(12)11-23-18(20-2)21-7-5-13-10-22-16-4-3-14(19)9-15(13)16;/h3-4,6,8-10,22H,5,7,11H2,1-2H3,(H2,20,21,23);1H. The van der Waals surface area contributed by atoms with Crippen molar-refractivity contribution < 1.29 is 4.39 Å². The van der Waals surface area contributed by atoms with Crippen LogP contribution in [0.2, 0.25) is 0 Å². The molecule has 3 aromatic rings. The number of nitrogens with zero attached hydrogens (tertiary/aromatic N) is 1. The molecular formula is C18H22FIN4S. The van der Waals surface area contributed by atoms with E-state index >= 15 is 0 Å². The second-order valence-electron chi connectivity index (χ2n) is 5.63. The van der Waals surface area contributed by atoms with E-state index in [-0.39, 0.29) is 29.8 Å². The summed E-state index contributed by atoms with van der Waals surface area (Å²) in [6.07, 6.45) is 2.74. The molecule has 0 aliphatic rings. The van der Waals surface area contributed by atoms with Crippen LogP contribution in [-0.2, 0) is 13.0 Å². The monoisotopic (exact) mass is 472 g/mol. The van der Waals surface area contributed by atoms with Crippen molar-refractivity contribution in [3.05, 3.63) is 57.7 Å². The van der Waals surface area contributed by atoms with Gasteiger partial charge in [-0.1, -0.05) is 0 Å². The van der Waals surface area contributed by atoms with E-state index in [0.717, 1.165) is 41.9 Å². The number of aryl methyl sites for hydroxylation is 1. The highest BCUT2D eigenvalue weighted by Gasteiger charge is 2.06. The molecule has 1 aromatic carbocycles. The number of hydrogen-bond acceptors (Lipinski definition) is 2. The number of aliphatic imine (C=N–C) groups is 1. The van der Waals surface area contributed by atoms with Gasteiger partial charge in [-0.25, -0.2) is 4.39 Å². The van der Waals surface area contributed by atoms with Crippen molar-refractivity contribution in [1.82, 2.24) is 15.6 Å². The Hall–Kier alpha value is -1.61. The first kappa shape index (κ1) is 19.7. The van der Waals surface area contributed by atoms with Crippen molar-refractivity contribution in [1.29, 1.82) is 0 Å². The summed E-state index contributed by atoms with van der Waals surface area (Å²) in [4.78, 5) is 8.73. The molecule has 0 saturated heterocycles. The number of guanidine groups is 1. The Labute approximate surface area is 168 Å². The van der Waals surface area contributed by atoms with Crippen LogP contribution in [0, 0.1) is 12.7 Å². The van der Waals surface area contributed by atoms with Crippen molar-refractivity contribution in [3.8, 4) is 0 Å². The minimum absolute atomic E-state index is 0. The molecule has 7 heteroatoms. The number of aromatic nitrogens is 1. The molecule has 25 heavy (non-hydrogen) atoms. The fourth-order valence-corrected chi connectivity index (χ4v) is 3.49. The highest BCUT2D eigenvalue weighted by Crippen LogP contribution is 2.19. The number of halogens is 2. The molecule has 0 bridgehead atoms. The maximum Gasteiger partial charge on any atom is 0.191 e. The number of benzene rings is 1.